The van der Waals surface area contributed by atoms with Gasteiger partial charge in [0.25, 0.3) is 0 Å². The van der Waals surface area contributed by atoms with Crippen molar-refractivity contribution in [2.75, 3.05) is 0 Å². The van der Waals surface area contributed by atoms with Crippen molar-refractivity contribution >= 4 is 43.1 Å². The van der Waals surface area contributed by atoms with Gasteiger partial charge in [0.1, 0.15) is 0 Å². The molecule has 0 aliphatic carbocycles. The molecule has 4 heterocycles. The molecule has 5 heteroatoms. The van der Waals surface area contributed by atoms with Crippen LogP contribution in [0.1, 0.15) is 0 Å². The molecule has 0 bridgehead atoms. The second-order valence-corrected chi connectivity index (χ2v) is 14.7. The predicted octanol–water partition coefficient (Wildman–Crippen LogP) is 15.0. The van der Waals surface area contributed by atoms with Crippen molar-refractivity contribution in [3.8, 4) is 45.0 Å². The average Bonchev–Trinajstić information content (AvgIpc) is 3.39. The second kappa shape index (κ2) is 21.9. The zero-order valence-electron chi connectivity index (χ0n) is 35.3. The Balaban J connectivity index is 0.000000118. The van der Waals surface area contributed by atoms with Crippen LogP contribution in [0.3, 0.4) is 0 Å². The molecule has 0 aliphatic rings. The molecule has 0 aliphatic heterocycles. The Kier molecular flexibility index (Phi) is 14.7. The number of rotatable bonds is 4. The third-order valence-electron chi connectivity index (χ3n) is 10.6. The summed E-state index contributed by atoms with van der Waals surface area (Å²) in [6.45, 7) is 0. The van der Waals surface area contributed by atoms with Crippen LogP contribution < -0.4 is 0 Å². The fraction of sp³-hybridized carbons (Fsp3) is 0. The molecule has 4 aromatic heterocycles. The largest absolute Gasteiger partial charge is 0.304 e. The fourth-order valence-electron chi connectivity index (χ4n) is 7.57. The molecule has 4 nitrogen and oxygen atoms in total. The third kappa shape index (κ3) is 10.6. The molecule has 8 aromatic carbocycles. The topological polar surface area (TPSA) is 51.6 Å². The summed E-state index contributed by atoms with van der Waals surface area (Å²) in [7, 11) is 0. The number of pyridine rings is 4. The molecule has 0 amide bonds. The van der Waals surface area contributed by atoms with E-state index in [0.29, 0.717) is 0 Å². The number of fused-ring (bicyclic) bond motifs is 4. The summed E-state index contributed by atoms with van der Waals surface area (Å²) < 4.78 is 0. The Morgan fingerprint density at radius 2 is 0.523 bits per heavy atom. The quantitative estimate of drug-likeness (QED) is 0.165. The van der Waals surface area contributed by atoms with E-state index in [1.807, 2.05) is 176 Å². The van der Waals surface area contributed by atoms with E-state index in [4.69, 9.17) is 0 Å². The van der Waals surface area contributed by atoms with Crippen molar-refractivity contribution in [2.45, 2.75) is 0 Å². The minimum absolute atomic E-state index is 0. The van der Waals surface area contributed by atoms with Crippen LogP contribution in [0.15, 0.2) is 249 Å². The van der Waals surface area contributed by atoms with Crippen molar-refractivity contribution in [1.82, 2.24) is 19.9 Å². The maximum absolute atomic E-state index is 4.48. The first kappa shape index (κ1) is 43.7. The van der Waals surface area contributed by atoms with Gasteiger partial charge in [0.2, 0.25) is 0 Å². The number of hydrogen-bond acceptors (Lipinski definition) is 4. The van der Waals surface area contributed by atoms with Crippen LogP contribution in [0.2, 0.25) is 0 Å². The van der Waals surface area contributed by atoms with Gasteiger partial charge in [-0.15, -0.1) is 108 Å². The molecule has 313 valence electrons. The summed E-state index contributed by atoms with van der Waals surface area (Å²) in [5.74, 6) is 0. The Bertz CT molecular complexity index is 2900. The van der Waals surface area contributed by atoms with Crippen LogP contribution >= 0.6 is 0 Å². The monoisotopic (exact) mass is 1010 g/mol. The van der Waals surface area contributed by atoms with E-state index in [-0.39, 0.29) is 20.1 Å². The normalized spacial score (nSPS) is 10.3. The molecule has 65 heavy (non-hydrogen) atoms. The van der Waals surface area contributed by atoms with E-state index in [0.717, 1.165) is 39.5 Å². The van der Waals surface area contributed by atoms with Crippen molar-refractivity contribution in [3.05, 3.63) is 267 Å². The molecule has 0 unspecified atom stereocenters. The van der Waals surface area contributed by atoms with Crippen LogP contribution in [0, 0.1) is 18.2 Å². The van der Waals surface area contributed by atoms with Gasteiger partial charge in [-0.1, -0.05) is 127 Å². The van der Waals surface area contributed by atoms with Crippen LogP contribution in [0.25, 0.3) is 88.1 Å². The molecule has 0 saturated heterocycles. The van der Waals surface area contributed by atoms with Crippen molar-refractivity contribution in [3.63, 3.8) is 0 Å². The Morgan fingerprint density at radius 1 is 0.246 bits per heavy atom. The number of hydrogen-bond donors (Lipinski definition) is 0. The smallest absolute Gasteiger partial charge is 0.0780 e. The molecule has 0 saturated carbocycles. The second-order valence-electron chi connectivity index (χ2n) is 14.7. The summed E-state index contributed by atoms with van der Waals surface area (Å²) in [5, 5.41) is 9.60. The molecule has 12 aromatic rings. The zero-order valence-corrected chi connectivity index (χ0v) is 37.7. The van der Waals surface area contributed by atoms with Crippen LogP contribution in [-0.4, -0.2) is 19.9 Å². The Labute approximate surface area is 393 Å². The first-order valence-corrected chi connectivity index (χ1v) is 21.1. The number of nitrogens with zero attached hydrogens (tertiary/aromatic N) is 4. The van der Waals surface area contributed by atoms with Gasteiger partial charge < -0.3 is 15.0 Å². The molecule has 1 radical (unpaired) electrons. The number of benzene rings is 8. The molecule has 0 atom stereocenters. The van der Waals surface area contributed by atoms with E-state index in [1.165, 1.54) is 48.7 Å². The van der Waals surface area contributed by atoms with E-state index < -0.39 is 0 Å². The van der Waals surface area contributed by atoms with Gasteiger partial charge in [-0.05, 0) is 79.1 Å². The summed E-state index contributed by atoms with van der Waals surface area (Å²) >= 11 is 0. The van der Waals surface area contributed by atoms with Crippen LogP contribution in [0.5, 0.6) is 0 Å². The average molecular weight is 1010 g/mol. The zero-order chi connectivity index (χ0) is 43.2. The summed E-state index contributed by atoms with van der Waals surface area (Å²) in [6.07, 6.45) is 7.40. The maximum atomic E-state index is 4.48. The van der Waals surface area contributed by atoms with E-state index in [1.54, 1.807) is 0 Å². The van der Waals surface area contributed by atoms with Crippen molar-refractivity contribution in [2.24, 2.45) is 0 Å². The SMILES string of the molecule is [Ir].[c-]1ccccc1-c1nccc2ccccc12.[c-]1ccccc1-c1nccc2ccccc12.[c-]1ccccc1-c1nccc2ccccc12.c1ccc(-c2nccc3ccccc23)cc1. The van der Waals surface area contributed by atoms with Gasteiger partial charge in [-0.3, -0.25) is 4.98 Å². The number of aromatic nitrogens is 4. The third-order valence-corrected chi connectivity index (χ3v) is 10.6. The van der Waals surface area contributed by atoms with E-state index in [9.17, 15) is 0 Å². The molecule has 12 rings (SSSR count). The maximum Gasteiger partial charge on any atom is 0.0780 e. The van der Waals surface area contributed by atoms with E-state index in [2.05, 4.69) is 111 Å². The van der Waals surface area contributed by atoms with Gasteiger partial charge in [-0.2, -0.15) is 0 Å². The Hall–Kier alpha value is -7.95. The van der Waals surface area contributed by atoms with Crippen LogP contribution in [-0.2, 0) is 20.1 Å². The van der Waals surface area contributed by atoms with Gasteiger partial charge in [0.15, 0.2) is 0 Å². The van der Waals surface area contributed by atoms with E-state index >= 15 is 0 Å². The minimum Gasteiger partial charge on any atom is -0.304 e. The van der Waals surface area contributed by atoms with Gasteiger partial charge in [0, 0.05) is 55.8 Å². The predicted molar refractivity (Wildman–Crippen MR) is 265 cm³/mol. The summed E-state index contributed by atoms with van der Waals surface area (Å²) in [6, 6.07) is 85.0. The van der Waals surface area contributed by atoms with Crippen molar-refractivity contribution < 1.29 is 20.1 Å². The molecule has 0 N–H and O–H groups in total. The standard InChI is InChI=1S/C15H11N.3C15H10N.Ir/c4*1-2-7-13(8-3-1)15-14-9-5-4-6-12(14)10-11-16-15;/h1-11H;3*1-7,9-11H;/q;3*-1;. The first-order valence-electron chi connectivity index (χ1n) is 21.1. The minimum atomic E-state index is 0. The molecular weight excluding hydrogens is 969 g/mol. The molecule has 0 fully saturated rings. The van der Waals surface area contributed by atoms with Gasteiger partial charge in [-0.25, -0.2) is 0 Å². The Morgan fingerprint density at radius 3 is 0.846 bits per heavy atom. The molecular formula is C60H41IrN4-3. The van der Waals surface area contributed by atoms with Crippen molar-refractivity contribution in [1.29, 1.82) is 0 Å². The van der Waals surface area contributed by atoms with Crippen LogP contribution in [0.4, 0.5) is 0 Å². The van der Waals surface area contributed by atoms with Gasteiger partial charge >= 0.3 is 0 Å². The fourth-order valence-corrected chi connectivity index (χ4v) is 7.57. The summed E-state index contributed by atoms with van der Waals surface area (Å²) in [4.78, 5) is 17.8. The first-order chi connectivity index (χ1) is 31.8. The van der Waals surface area contributed by atoms with Gasteiger partial charge in [0.05, 0.1) is 5.69 Å². The molecule has 0 spiro atoms. The summed E-state index contributed by atoms with van der Waals surface area (Å²) in [5.41, 5.74) is 8.34.